The summed E-state index contributed by atoms with van der Waals surface area (Å²) >= 11 is 0. The van der Waals surface area contributed by atoms with Crippen LogP contribution in [-0.4, -0.2) is 4.57 Å². The Hall–Kier alpha value is -6.84. The van der Waals surface area contributed by atoms with Crippen molar-refractivity contribution in [1.29, 1.82) is 0 Å². The monoisotopic (exact) mass is 998 g/mol. The molecule has 0 bridgehead atoms. The van der Waals surface area contributed by atoms with Gasteiger partial charge in [0.2, 0.25) is 0 Å². The van der Waals surface area contributed by atoms with Crippen LogP contribution in [0, 0.1) is 0 Å². The average molecular weight is 998 g/mol. The zero-order valence-electron chi connectivity index (χ0n) is 48.8. The van der Waals surface area contributed by atoms with Crippen LogP contribution >= 0.6 is 0 Å². The summed E-state index contributed by atoms with van der Waals surface area (Å²) < 4.78 is 2.54. The van der Waals surface area contributed by atoms with E-state index in [1.54, 1.807) is 0 Å². The first kappa shape index (κ1) is 50.0. The highest BCUT2D eigenvalue weighted by molar-refractivity contribution is 6.12. The molecule has 3 heterocycles. The number of rotatable bonds is 3. The Balaban J connectivity index is 1.13. The average Bonchev–Trinajstić information content (AvgIpc) is 3.98. The van der Waals surface area contributed by atoms with Crippen molar-refractivity contribution in [1.82, 2.24) is 4.57 Å². The maximum atomic E-state index is 2.56. The van der Waals surface area contributed by atoms with Gasteiger partial charge in [0.1, 0.15) is 0 Å². The summed E-state index contributed by atoms with van der Waals surface area (Å²) in [5, 5.41) is 2.46. The molecular weight excluding hydrogens is 919 g/mol. The Morgan fingerprint density at radius 1 is 0.289 bits per heavy atom. The van der Waals surface area contributed by atoms with Crippen molar-refractivity contribution in [3.63, 3.8) is 0 Å². The minimum Gasteiger partial charge on any atom is -0.310 e. The van der Waals surface area contributed by atoms with Gasteiger partial charge in [-0.05, 0) is 161 Å². The molecule has 0 fully saturated rings. The van der Waals surface area contributed by atoms with E-state index >= 15 is 0 Å². The molecule has 0 radical (unpaired) electrons. The van der Waals surface area contributed by atoms with Gasteiger partial charge >= 0.3 is 0 Å². The smallest absolute Gasteiger partial charge is 0.0542 e. The minimum atomic E-state index is -0.226. The fourth-order valence-electron chi connectivity index (χ4n) is 13.3. The van der Waals surface area contributed by atoms with Crippen molar-refractivity contribution in [2.24, 2.45) is 0 Å². The Kier molecular flexibility index (Phi) is 10.6. The number of benzene rings is 8. The van der Waals surface area contributed by atoms with Gasteiger partial charge in [-0.25, -0.2) is 0 Å². The number of hydrogen-bond donors (Lipinski definition) is 0. The first-order chi connectivity index (χ1) is 35.5. The molecule has 3 nitrogen and oxygen atoms in total. The summed E-state index contributed by atoms with van der Waals surface area (Å²) in [6, 6.07) is 59.8. The number of nitrogens with zero attached hydrogens (tertiary/aromatic N) is 3. The summed E-state index contributed by atoms with van der Waals surface area (Å²) in [5.74, 6) is 0. The number of hydrogen-bond acceptors (Lipinski definition) is 2. The molecule has 0 unspecified atom stereocenters. The molecule has 2 aliphatic heterocycles. The molecule has 12 rings (SSSR count). The molecule has 76 heavy (non-hydrogen) atoms. The standard InChI is InChI=1S/C73H79N3/c1-67(2,3)44-23-31-63-57(37-44)72(15,16)58-38-45(68(4,5)6)24-32-64(58)75(63)48-28-35-61-53(41-48)54-42-49(29-36-62(54)74(61)50-27-30-52-51-21-19-20-22-55(51)71(13,14)56(52)43-50)76-65-33-25-46(69(7,8)9)39-59(65)73(17,18)60-40-47(70(10,11)12)26-34-66(60)76/h19-43H,1-18H3. The predicted octanol–water partition coefficient (Wildman–Crippen LogP) is 20.5. The minimum absolute atomic E-state index is 0.00633. The van der Waals surface area contributed by atoms with Crippen LogP contribution in [0.3, 0.4) is 0 Å². The van der Waals surface area contributed by atoms with Crippen molar-refractivity contribution in [3.05, 3.63) is 207 Å². The highest BCUT2D eigenvalue weighted by atomic mass is 15.2. The Morgan fingerprint density at radius 3 is 0.987 bits per heavy atom. The summed E-state index contributed by atoms with van der Waals surface area (Å²) in [4.78, 5) is 5.13. The molecule has 0 saturated carbocycles. The molecule has 1 aliphatic carbocycles. The maximum Gasteiger partial charge on any atom is 0.0542 e. The third-order valence-corrected chi connectivity index (χ3v) is 18.2. The normalized spacial score (nSPS) is 16.3. The number of aromatic nitrogens is 1. The van der Waals surface area contributed by atoms with Crippen molar-refractivity contribution in [2.75, 3.05) is 9.80 Å². The first-order valence-corrected chi connectivity index (χ1v) is 28.0. The Labute approximate surface area is 454 Å². The van der Waals surface area contributed by atoms with Gasteiger partial charge in [-0.3, -0.25) is 0 Å². The van der Waals surface area contributed by atoms with Gasteiger partial charge in [0.05, 0.1) is 33.8 Å². The van der Waals surface area contributed by atoms with E-state index in [1.165, 1.54) is 117 Å². The van der Waals surface area contributed by atoms with E-state index in [1.807, 2.05) is 0 Å². The third-order valence-electron chi connectivity index (χ3n) is 18.2. The molecule has 0 amide bonds. The molecule has 386 valence electrons. The van der Waals surface area contributed by atoms with Crippen LogP contribution < -0.4 is 9.80 Å². The van der Waals surface area contributed by atoms with E-state index in [0.717, 1.165) is 11.4 Å². The van der Waals surface area contributed by atoms with Crippen LogP contribution in [0.1, 0.15) is 180 Å². The van der Waals surface area contributed by atoms with Crippen molar-refractivity contribution in [2.45, 2.75) is 163 Å². The molecule has 0 N–H and O–H groups in total. The quantitative estimate of drug-likeness (QED) is 0.175. The predicted molar refractivity (Wildman–Crippen MR) is 327 cm³/mol. The highest BCUT2D eigenvalue weighted by Gasteiger charge is 2.42. The second kappa shape index (κ2) is 16.1. The molecule has 0 spiro atoms. The van der Waals surface area contributed by atoms with Crippen LogP contribution in [-0.2, 0) is 37.9 Å². The van der Waals surface area contributed by atoms with Crippen molar-refractivity contribution in [3.8, 4) is 16.8 Å². The van der Waals surface area contributed by atoms with Crippen LogP contribution in [0.2, 0.25) is 0 Å². The van der Waals surface area contributed by atoms with Gasteiger partial charge in [-0.15, -0.1) is 0 Å². The lowest BCUT2D eigenvalue weighted by Gasteiger charge is -2.43. The summed E-state index contributed by atoms with van der Waals surface area (Å²) in [6.07, 6.45) is 0. The van der Waals surface area contributed by atoms with Gasteiger partial charge in [0.15, 0.2) is 0 Å². The molecule has 0 saturated heterocycles. The zero-order valence-corrected chi connectivity index (χ0v) is 48.8. The van der Waals surface area contributed by atoms with Gasteiger partial charge < -0.3 is 14.4 Å². The first-order valence-electron chi connectivity index (χ1n) is 28.0. The van der Waals surface area contributed by atoms with E-state index in [-0.39, 0.29) is 37.9 Å². The largest absolute Gasteiger partial charge is 0.310 e. The number of anilines is 6. The molecule has 8 aromatic carbocycles. The fraction of sp³-hybridized carbons (Fsp3) is 0.342. The van der Waals surface area contributed by atoms with E-state index in [9.17, 15) is 0 Å². The van der Waals surface area contributed by atoms with Crippen LogP contribution in [0.4, 0.5) is 34.1 Å². The molecule has 3 aliphatic rings. The molecular formula is C73H79N3. The summed E-state index contributed by atoms with van der Waals surface area (Å²) in [7, 11) is 0. The Bertz CT molecular complexity index is 3560. The van der Waals surface area contributed by atoms with Crippen molar-refractivity contribution >= 4 is 55.9 Å². The lowest BCUT2D eigenvalue weighted by molar-refractivity contribution is 0.572. The third kappa shape index (κ3) is 7.41. The van der Waals surface area contributed by atoms with E-state index in [0.29, 0.717) is 0 Å². The summed E-state index contributed by atoms with van der Waals surface area (Å²) in [5.41, 5.74) is 26.6. The van der Waals surface area contributed by atoms with Gasteiger partial charge in [0.25, 0.3) is 0 Å². The zero-order chi connectivity index (χ0) is 54.2. The lowest BCUT2D eigenvalue weighted by atomic mass is 9.70. The Morgan fingerprint density at radius 2 is 0.618 bits per heavy atom. The molecule has 0 atom stereocenters. The lowest BCUT2D eigenvalue weighted by Crippen LogP contribution is -2.32. The van der Waals surface area contributed by atoms with Gasteiger partial charge in [0, 0.05) is 44.1 Å². The highest BCUT2D eigenvalue weighted by Crippen LogP contribution is 2.57. The second-order valence-electron chi connectivity index (χ2n) is 28.5. The fourth-order valence-corrected chi connectivity index (χ4v) is 13.3. The SMILES string of the molecule is CC(C)(C)c1ccc2c(c1)C(C)(C)c1cc(C(C)(C)C)ccc1N2c1ccc2c(c1)c1cc(N3c4ccc(C(C)(C)C)cc4C(C)(C)c4cc(C(C)(C)C)ccc43)ccc1n2-c1ccc2c(c1)C(C)(C)c1ccccc1-2. The topological polar surface area (TPSA) is 11.4 Å². The van der Waals surface area contributed by atoms with E-state index in [4.69, 9.17) is 0 Å². The number of fused-ring (bicyclic) bond motifs is 10. The molecule has 3 heteroatoms. The van der Waals surface area contributed by atoms with Crippen LogP contribution in [0.15, 0.2) is 152 Å². The van der Waals surface area contributed by atoms with Crippen LogP contribution in [0.5, 0.6) is 0 Å². The van der Waals surface area contributed by atoms with Crippen molar-refractivity contribution < 1.29 is 0 Å². The van der Waals surface area contributed by atoms with Gasteiger partial charge in [-0.2, -0.15) is 0 Å². The molecule has 9 aromatic rings. The second-order valence-corrected chi connectivity index (χ2v) is 28.5. The maximum absolute atomic E-state index is 2.56. The van der Waals surface area contributed by atoms with Crippen LogP contribution in [0.25, 0.3) is 38.6 Å². The summed E-state index contributed by atoms with van der Waals surface area (Å²) in [6.45, 7) is 42.5. The van der Waals surface area contributed by atoms with E-state index < -0.39 is 0 Å². The van der Waals surface area contributed by atoms with Gasteiger partial charge in [-0.1, -0.05) is 203 Å². The van der Waals surface area contributed by atoms with E-state index in [2.05, 4.69) is 291 Å². The molecule has 1 aromatic heterocycles.